The number of ether oxygens (including phenoxy) is 1. The van der Waals surface area contributed by atoms with Crippen LogP contribution in [0.15, 0.2) is 23.4 Å². The van der Waals surface area contributed by atoms with Crippen molar-refractivity contribution in [3.8, 4) is 5.75 Å². The first-order valence-electron chi connectivity index (χ1n) is 6.93. The summed E-state index contributed by atoms with van der Waals surface area (Å²) in [6.07, 6.45) is 0. The molecule has 0 atom stereocenters. The predicted molar refractivity (Wildman–Crippen MR) is 86.0 cm³/mol. The maximum Gasteiger partial charge on any atom is 0.230 e. The Hall–Kier alpha value is -2.02. The van der Waals surface area contributed by atoms with Crippen molar-refractivity contribution in [1.82, 2.24) is 20.1 Å². The first kappa shape index (κ1) is 16.4. The summed E-state index contributed by atoms with van der Waals surface area (Å²) >= 11 is 1.35. The van der Waals surface area contributed by atoms with Gasteiger partial charge in [-0.15, -0.1) is 10.2 Å². The van der Waals surface area contributed by atoms with Crippen LogP contribution in [0.1, 0.15) is 17.0 Å². The molecular formula is C15H20N4O2S. The van der Waals surface area contributed by atoms with Crippen LogP contribution in [0.4, 0.5) is 0 Å². The van der Waals surface area contributed by atoms with Crippen molar-refractivity contribution < 1.29 is 9.53 Å². The quantitative estimate of drug-likeness (QED) is 0.823. The van der Waals surface area contributed by atoms with Crippen LogP contribution in [0.3, 0.4) is 0 Å². The van der Waals surface area contributed by atoms with Crippen molar-refractivity contribution in [3.63, 3.8) is 0 Å². The molecule has 0 spiro atoms. The molecule has 1 aromatic heterocycles. The highest BCUT2D eigenvalue weighted by Gasteiger charge is 2.12. The molecule has 0 aliphatic heterocycles. The molecular weight excluding hydrogens is 300 g/mol. The molecule has 0 saturated heterocycles. The van der Waals surface area contributed by atoms with Gasteiger partial charge in [0.15, 0.2) is 11.0 Å². The van der Waals surface area contributed by atoms with E-state index in [9.17, 15) is 4.79 Å². The summed E-state index contributed by atoms with van der Waals surface area (Å²) in [4.78, 5) is 11.3. The summed E-state index contributed by atoms with van der Waals surface area (Å²) in [6, 6.07) is 5.97. The smallest absolute Gasteiger partial charge is 0.230 e. The molecule has 1 aromatic carbocycles. The van der Waals surface area contributed by atoms with Gasteiger partial charge in [-0.2, -0.15) is 0 Å². The summed E-state index contributed by atoms with van der Waals surface area (Å²) in [6.45, 7) is 4.43. The number of hydrogen-bond donors (Lipinski definition) is 1. The highest BCUT2D eigenvalue weighted by atomic mass is 32.2. The van der Waals surface area contributed by atoms with Crippen LogP contribution in [0.25, 0.3) is 0 Å². The number of thioether (sulfide) groups is 1. The van der Waals surface area contributed by atoms with Gasteiger partial charge in [0.2, 0.25) is 5.91 Å². The van der Waals surface area contributed by atoms with Gasteiger partial charge in [0.1, 0.15) is 12.4 Å². The fraction of sp³-hybridized carbons (Fsp3) is 0.400. The van der Waals surface area contributed by atoms with Crippen LogP contribution in [-0.4, -0.2) is 33.5 Å². The molecule has 6 nitrogen and oxygen atoms in total. The van der Waals surface area contributed by atoms with Crippen molar-refractivity contribution in [1.29, 1.82) is 0 Å². The van der Waals surface area contributed by atoms with Gasteiger partial charge in [0.05, 0.1) is 5.75 Å². The molecule has 0 bridgehead atoms. The van der Waals surface area contributed by atoms with Crippen molar-refractivity contribution in [3.05, 3.63) is 35.2 Å². The Morgan fingerprint density at radius 3 is 2.86 bits per heavy atom. The fourth-order valence-corrected chi connectivity index (χ4v) is 2.62. The molecule has 0 saturated carbocycles. The van der Waals surface area contributed by atoms with Crippen molar-refractivity contribution in [2.75, 3.05) is 12.8 Å². The van der Waals surface area contributed by atoms with Crippen molar-refractivity contribution in [2.45, 2.75) is 25.6 Å². The van der Waals surface area contributed by atoms with E-state index in [4.69, 9.17) is 4.74 Å². The number of aryl methyl sites for hydroxylation is 1. The molecule has 1 amide bonds. The van der Waals surface area contributed by atoms with Gasteiger partial charge < -0.3 is 14.6 Å². The number of carbonyl (C=O) groups excluding carboxylic acids is 1. The average Bonchev–Trinajstić information content (AvgIpc) is 2.87. The first-order valence-corrected chi connectivity index (χ1v) is 7.92. The fourth-order valence-electron chi connectivity index (χ4n) is 1.82. The lowest BCUT2D eigenvalue weighted by atomic mass is 10.1. The van der Waals surface area contributed by atoms with Crippen LogP contribution in [-0.2, 0) is 18.4 Å². The lowest BCUT2D eigenvalue weighted by molar-refractivity contribution is -0.118. The van der Waals surface area contributed by atoms with Gasteiger partial charge in [-0.05, 0) is 31.0 Å². The van der Waals surface area contributed by atoms with Crippen molar-refractivity contribution in [2.24, 2.45) is 7.05 Å². The standard InChI is InChI=1S/C15H20N4O2S/c1-10-6-5-7-12(11(10)2)21-8-13-17-18-15(19(13)4)22-9-14(20)16-3/h5-7H,8-9H2,1-4H3,(H,16,20). The molecule has 0 fully saturated rings. The van der Waals surface area contributed by atoms with Crippen LogP contribution >= 0.6 is 11.8 Å². The summed E-state index contributed by atoms with van der Waals surface area (Å²) in [5, 5.41) is 11.5. The summed E-state index contributed by atoms with van der Waals surface area (Å²) in [5.41, 5.74) is 2.32. The number of rotatable bonds is 6. The van der Waals surface area contributed by atoms with E-state index in [0.717, 1.165) is 17.1 Å². The van der Waals surface area contributed by atoms with Crippen LogP contribution in [0.2, 0.25) is 0 Å². The monoisotopic (exact) mass is 320 g/mol. The average molecular weight is 320 g/mol. The van der Waals surface area contributed by atoms with E-state index in [0.29, 0.717) is 17.5 Å². The Balaban J connectivity index is 2.00. The number of hydrogen-bond acceptors (Lipinski definition) is 5. The van der Waals surface area contributed by atoms with Crippen LogP contribution in [0, 0.1) is 13.8 Å². The molecule has 22 heavy (non-hydrogen) atoms. The highest BCUT2D eigenvalue weighted by molar-refractivity contribution is 7.99. The SMILES string of the molecule is CNC(=O)CSc1nnc(COc2cccc(C)c2C)n1C. The number of nitrogens with one attached hydrogen (secondary N) is 1. The zero-order valence-corrected chi connectivity index (χ0v) is 14.0. The molecule has 0 aliphatic rings. The third kappa shape index (κ3) is 3.79. The van der Waals surface area contributed by atoms with Crippen molar-refractivity contribution >= 4 is 17.7 Å². The van der Waals surface area contributed by atoms with Crippen LogP contribution in [0.5, 0.6) is 5.75 Å². The molecule has 2 aromatic rings. The normalized spacial score (nSPS) is 10.5. The molecule has 0 unspecified atom stereocenters. The third-order valence-electron chi connectivity index (χ3n) is 3.45. The van der Waals surface area contributed by atoms with Gasteiger partial charge in [-0.3, -0.25) is 4.79 Å². The highest BCUT2D eigenvalue weighted by Crippen LogP contribution is 2.22. The van der Waals surface area contributed by atoms with Gasteiger partial charge in [0, 0.05) is 14.1 Å². The minimum absolute atomic E-state index is 0.0406. The van der Waals surface area contributed by atoms with Crippen LogP contribution < -0.4 is 10.1 Å². The second-order valence-electron chi connectivity index (χ2n) is 4.91. The molecule has 7 heteroatoms. The van der Waals surface area contributed by atoms with Gasteiger partial charge in [-0.25, -0.2) is 0 Å². The van der Waals surface area contributed by atoms with E-state index in [1.54, 1.807) is 7.05 Å². The number of amides is 1. The molecule has 0 aliphatic carbocycles. The topological polar surface area (TPSA) is 69.0 Å². The van der Waals surface area contributed by atoms with Gasteiger partial charge >= 0.3 is 0 Å². The zero-order chi connectivity index (χ0) is 16.1. The van der Waals surface area contributed by atoms with E-state index in [1.165, 1.54) is 17.3 Å². The Morgan fingerprint density at radius 1 is 1.36 bits per heavy atom. The lowest BCUT2D eigenvalue weighted by Gasteiger charge is -2.10. The Bertz CT molecular complexity index is 670. The minimum Gasteiger partial charge on any atom is -0.485 e. The van der Waals surface area contributed by atoms with E-state index >= 15 is 0 Å². The Labute approximate surface area is 134 Å². The summed E-state index contributed by atoms with van der Waals surface area (Å²) in [5.74, 6) is 1.85. The molecule has 1 N–H and O–H groups in total. The number of carbonyl (C=O) groups is 1. The number of aromatic nitrogens is 3. The predicted octanol–water partition coefficient (Wildman–Crippen LogP) is 1.85. The number of nitrogens with zero attached hydrogens (tertiary/aromatic N) is 3. The minimum atomic E-state index is -0.0406. The second-order valence-corrected chi connectivity index (χ2v) is 5.85. The maximum absolute atomic E-state index is 11.3. The van der Waals surface area contributed by atoms with Gasteiger partial charge in [0.25, 0.3) is 0 Å². The molecule has 2 rings (SSSR count). The zero-order valence-electron chi connectivity index (χ0n) is 13.2. The van der Waals surface area contributed by atoms with E-state index in [2.05, 4.69) is 28.5 Å². The van der Waals surface area contributed by atoms with Gasteiger partial charge in [-0.1, -0.05) is 23.9 Å². The maximum atomic E-state index is 11.3. The summed E-state index contributed by atoms with van der Waals surface area (Å²) < 4.78 is 7.68. The third-order valence-corrected chi connectivity index (χ3v) is 4.47. The first-order chi connectivity index (χ1) is 10.5. The lowest BCUT2D eigenvalue weighted by Crippen LogP contribution is -2.20. The second kappa shape index (κ2) is 7.31. The molecule has 1 heterocycles. The van der Waals surface area contributed by atoms with E-state index < -0.39 is 0 Å². The Kier molecular flexibility index (Phi) is 5.43. The number of benzene rings is 1. The van der Waals surface area contributed by atoms with E-state index in [1.807, 2.05) is 30.7 Å². The molecule has 0 radical (unpaired) electrons. The molecule has 118 valence electrons. The largest absolute Gasteiger partial charge is 0.485 e. The van der Waals surface area contributed by atoms with E-state index in [-0.39, 0.29) is 5.91 Å². The summed E-state index contributed by atoms with van der Waals surface area (Å²) in [7, 11) is 3.48. The Morgan fingerprint density at radius 2 is 2.14 bits per heavy atom.